The number of hydrogen-bond donors (Lipinski definition) is 1. The average molecular weight is 613 g/mol. The van der Waals surface area contributed by atoms with Gasteiger partial charge in [0.1, 0.15) is 18.2 Å². The predicted octanol–water partition coefficient (Wildman–Crippen LogP) is 3.09. The molecule has 3 aromatic rings. The monoisotopic (exact) mass is 612 g/mol. The summed E-state index contributed by atoms with van der Waals surface area (Å²) in [4.78, 5) is 49.0. The molecule has 4 aliphatic heterocycles. The number of carbonyl (C=O) groups excluding carboxylic acids is 3. The quantitative estimate of drug-likeness (QED) is 0.408. The minimum atomic E-state index is -0.969. The number of aliphatic hydroxyl groups excluding tert-OH is 1. The van der Waals surface area contributed by atoms with Gasteiger partial charge in [0.2, 0.25) is 17.7 Å². The van der Waals surface area contributed by atoms with Gasteiger partial charge in [-0.2, -0.15) is 0 Å². The van der Waals surface area contributed by atoms with E-state index in [1.54, 1.807) is 31.1 Å². The summed E-state index contributed by atoms with van der Waals surface area (Å²) in [7, 11) is 0. The van der Waals surface area contributed by atoms with E-state index < -0.39 is 28.7 Å². The van der Waals surface area contributed by atoms with Gasteiger partial charge < -0.3 is 19.8 Å². The van der Waals surface area contributed by atoms with Crippen LogP contribution in [0.3, 0.4) is 0 Å². The molecular formula is C33H36N6O4S. The summed E-state index contributed by atoms with van der Waals surface area (Å²) in [6, 6.07) is 15.7. The first-order chi connectivity index (χ1) is 21.4. The maximum Gasteiger partial charge on any atom is 0.248 e. The molecule has 0 radical (unpaired) electrons. The van der Waals surface area contributed by atoms with E-state index in [1.165, 1.54) is 0 Å². The second-order valence-corrected chi connectivity index (χ2v) is 13.6. The molecule has 2 aromatic carbocycles. The minimum absolute atomic E-state index is 0.0566. The Morgan fingerprint density at radius 3 is 2.55 bits per heavy atom. The van der Waals surface area contributed by atoms with Crippen LogP contribution in [0.5, 0.6) is 0 Å². The largest absolute Gasteiger partial charge is 0.394 e. The highest BCUT2D eigenvalue weighted by Gasteiger charge is 2.72. The molecule has 3 amide bonds. The number of aromatic nitrogens is 3. The molecule has 1 N–H and O–H groups in total. The van der Waals surface area contributed by atoms with Gasteiger partial charge in [-0.05, 0) is 30.2 Å². The van der Waals surface area contributed by atoms with Gasteiger partial charge in [0.25, 0.3) is 0 Å². The fraction of sp³-hybridized carbons (Fsp3) is 0.424. The Balaban J connectivity index is 1.32. The molecule has 1 aromatic heterocycles. The van der Waals surface area contributed by atoms with Crippen molar-refractivity contribution in [3.05, 3.63) is 78.9 Å². The third kappa shape index (κ3) is 4.31. The van der Waals surface area contributed by atoms with E-state index in [2.05, 4.69) is 10.3 Å². The normalized spacial score (nSPS) is 29.4. The van der Waals surface area contributed by atoms with Crippen LogP contribution < -0.4 is 4.90 Å². The number of carbonyl (C=O) groups is 3. The third-order valence-electron chi connectivity index (χ3n) is 9.82. The lowest BCUT2D eigenvalue weighted by Crippen LogP contribution is -2.58. The molecule has 0 bridgehead atoms. The molecule has 0 aliphatic carbocycles. The van der Waals surface area contributed by atoms with E-state index in [-0.39, 0.29) is 42.2 Å². The highest BCUT2D eigenvalue weighted by Crippen LogP contribution is 2.61. The van der Waals surface area contributed by atoms with Crippen LogP contribution in [-0.2, 0) is 21.1 Å². The average Bonchev–Trinajstić information content (AvgIpc) is 3.60. The molecule has 2 fully saturated rings. The van der Waals surface area contributed by atoms with Crippen LogP contribution in [0.2, 0.25) is 0 Å². The van der Waals surface area contributed by atoms with E-state index in [0.29, 0.717) is 13.1 Å². The fourth-order valence-corrected chi connectivity index (χ4v) is 9.44. The molecule has 44 heavy (non-hydrogen) atoms. The molecule has 0 saturated carbocycles. The van der Waals surface area contributed by atoms with Crippen molar-refractivity contribution < 1.29 is 19.5 Å². The number of hydrogen-bond acceptors (Lipinski definition) is 7. The second-order valence-electron chi connectivity index (χ2n) is 12.1. The summed E-state index contributed by atoms with van der Waals surface area (Å²) in [5.41, 5.74) is 2.32. The van der Waals surface area contributed by atoms with Crippen molar-refractivity contribution in [1.82, 2.24) is 24.8 Å². The summed E-state index contributed by atoms with van der Waals surface area (Å²) in [6.45, 7) is 4.64. The minimum Gasteiger partial charge on any atom is -0.394 e. The topological polar surface area (TPSA) is 112 Å². The molecule has 10 nitrogen and oxygen atoms in total. The maximum atomic E-state index is 14.8. The summed E-state index contributed by atoms with van der Waals surface area (Å²) in [5, 5.41) is 19.0. The molecule has 7 rings (SSSR count). The summed E-state index contributed by atoms with van der Waals surface area (Å²) in [6.07, 6.45) is 8.73. The smallest absolute Gasteiger partial charge is 0.248 e. The first-order valence-electron chi connectivity index (χ1n) is 15.3. The van der Waals surface area contributed by atoms with E-state index in [1.807, 2.05) is 92.7 Å². The third-order valence-corrected chi connectivity index (χ3v) is 11.6. The Morgan fingerprint density at radius 1 is 1.00 bits per heavy atom. The lowest BCUT2D eigenvalue weighted by Gasteiger charge is -2.40. The van der Waals surface area contributed by atoms with E-state index in [9.17, 15) is 19.5 Å². The Morgan fingerprint density at radius 2 is 1.77 bits per heavy atom. The number of aliphatic hydroxyl groups is 1. The zero-order chi connectivity index (χ0) is 30.6. The van der Waals surface area contributed by atoms with Crippen LogP contribution in [0.15, 0.2) is 78.9 Å². The lowest BCUT2D eigenvalue weighted by atomic mass is 9.78. The second kappa shape index (κ2) is 11.2. The standard InChI is InChI=1S/C33H36N6O4S/c1-3-21(2)25(19-40)39-29-32(43)36(20-38-24-14-8-7-13-23(24)34-35-38)17-10-16-33(29)28(31(39)42)27-26(44-33)15-9-18-37(30(27)41)22-11-5-4-6-12-22/h4-16,21,25-29,40H,3,17-20H2,1-2H3/t21-,25-,26-,27+,28-,29?,33-/m0/s1. The first kappa shape index (κ1) is 28.8. The zero-order valence-electron chi connectivity index (χ0n) is 24.8. The van der Waals surface area contributed by atoms with Crippen molar-refractivity contribution in [3.8, 4) is 0 Å². The molecule has 5 heterocycles. The maximum absolute atomic E-state index is 14.8. The van der Waals surface area contributed by atoms with Gasteiger partial charge in [0.05, 0.1) is 34.7 Å². The summed E-state index contributed by atoms with van der Waals surface area (Å²) in [5.74, 6) is -2.04. The van der Waals surface area contributed by atoms with Crippen molar-refractivity contribution in [2.24, 2.45) is 17.8 Å². The Kier molecular flexibility index (Phi) is 7.32. The summed E-state index contributed by atoms with van der Waals surface area (Å²) < 4.78 is 0.731. The van der Waals surface area contributed by atoms with Gasteiger partial charge in [-0.1, -0.05) is 80.1 Å². The van der Waals surface area contributed by atoms with Crippen LogP contribution in [0.25, 0.3) is 11.0 Å². The van der Waals surface area contributed by atoms with Crippen molar-refractivity contribution in [2.45, 2.75) is 49.0 Å². The van der Waals surface area contributed by atoms with Crippen molar-refractivity contribution in [2.75, 3.05) is 24.6 Å². The molecule has 11 heteroatoms. The van der Waals surface area contributed by atoms with Crippen molar-refractivity contribution in [3.63, 3.8) is 0 Å². The van der Waals surface area contributed by atoms with Gasteiger partial charge in [0.15, 0.2) is 0 Å². The Hall–Kier alpha value is -3.96. The highest BCUT2D eigenvalue weighted by molar-refractivity contribution is 8.02. The van der Waals surface area contributed by atoms with Gasteiger partial charge in [-0.15, -0.1) is 16.9 Å². The first-order valence-corrected chi connectivity index (χ1v) is 16.2. The molecule has 1 unspecified atom stereocenters. The molecular weight excluding hydrogens is 576 g/mol. The molecule has 1 spiro atoms. The Bertz CT molecular complexity index is 1660. The van der Waals surface area contributed by atoms with E-state index in [4.69, 9.17) is 0 Å². The number of fused-ring (bicyclic) bond motifs is 3. The zero-order valence-corrected chi connectivity index (χ0v) is 25.6. The van der Waals surface area contributed by atoms with Crippen LogP contribution in [0.1, 0.15) is 20.3 Å². The summed E-state index contributed by atoms with van der Waals surface area (Å²) >= 11 is 1.55. The van der Waals surface area contributed by atoms with Crippen LogP contribution in [-0.4, -0.2) is 89.4 Å². The lowest BCUT2D eigenvalue weighted by molar-refractivity contribution is -0.147. The molecule has 7 atom stereocenters. The fourth-order valence-electron chi connectivity index (χ4n) is 7.45. The number of rotatable bonds is 7. The van der Waals surface area contributed by atoms with Crippen molar-refractivity contribution >= 4 is 46.2 Å². The Labute approximate surface area is 260 Å². The number of anilines is 1. The number of amides is 3. The number of benzene rings is 2. The van der Waals surface area contributed by atoms with Crippen molar-refractivity contribution in [1.29, 1.82) is 0 Å². The molecule has 4 aliphatic rings. The van der Waals surface area contributed by atoms with E-state index >= 15 is 0 Å². The SMILES string of the molecule is CC[C@H](C)[C@H](CO)N1C(=O)[C@@H]2[C@@H]3C(=O)N(c4ccccc4)CC=C[C@@H]3S[C@@]23C=CCN(Cn2nnc4ccccc42)C(=O)C13. The molecule has 228 valence electrons. The highest BCUT2D eigenvalue weighted by atomic mass is 32.2. The number of thioether (sulfide) groups is 1. The van der Waals surface area contributed by atoms with Gasteiger partial charge in [-0.3, -0.25) is 14.4 Å². The predicted molar refractivity (Wildman–Crippen MR) is 168 cm³/mol. The number of nitrogens with zero attached hydrogens (tertiary/aromatic N) is 6. The van der Waals surface area contributed by atoms with Crippen LogP contribution in [0, 0.1) is 17.8 Å². The van der Waals surface area contributed by atoms with Crippen LogP contribution >= 0.6 is 11.8 Å². The molecule has 2 saturated heterocycles. The van der Waals surface area contributed by atoms with Gasteiger partial charge in [0, 0.05) is 24.0 Å². The van der Waals surface area contributed by atoms with Gasteiger partial charge in [-0.25, -0.2) is 4.68 Å². The number of likely N-dealkylation sites (tertiary alicyclic amines) is 1. The number of para-hydroxylation sites is 2. The van der Waals surface area contributed by atoms with Crippen LogP contribution in [0.4, 0.5) is 5.69 Å². The van der Waals surface area contributed by atoms with Gasteiger partial charge >= 0.3 is 0 Å². The van der Waals surface area contributed by atoms with E-state index in [0.717, 1.165) is 23.1 Å².